The van der Waals surface area contributed by atoms with Crippen LogP contribution in [0.25, 0.3) is 11.2 Å². The molecule has 0 aliphatic heterocycles. The van der Waals surface area contributed by atoms with Crippen LogP contribution in [0.2, 0.25) is 0 Å². The Hall–Kier alpha value is -3.40. The summed E-state index contributed by atoms with van der Waals surface area (Å²) in [5.74, 6) is -0.522. The van der Waals surface area contributed by atoms with E-state index < -0.39 is 17.2 Å². The van der Waals surface area contributed by atoms with Gasteiger partial charge < -0.3 is 19.7 Å². The van der Waals surface area contributed by atoms with Crippen LogP contribution in [-0.4, -0.2) is 49.5 Å². The van der Waals surface area contributed by atoms with Crippen molar-refractivity contribution in [3.8, 4) is 0 Å². The minimum atomic E-state index is -0.522. The van der Waals surface area contributed by atoms with Gasteiger partial charge in [0.2, 0.25) is 0 Å². The number of rotatable bonds is 7. The van der Waals surface area contributed by atoms with E-state index in [9.17, 15) is 14.4 Å². The molecule has 0 atom stereocenters. The molecular formula is C18H21N5O5. The van der Waals surface area contributed by atoms with Crippen molar-refractivity contribution in [2.24, 2.45) is 14.1 Å². The van der Waals surface area contributed by atoms with Gasteiger partial charge in [-0.2, -0.15) is 0 Å². The van der Waals surface area contributed by atoms with Crippen LogP contribution in [0.5, 0.6) is 0 Å². The molecule has 0 amide bonds. The SMILES string of the molecule is Cn1c(=O)c2c(ncn2CCOC(=O)c2ccccc2NCCO)n(C)c1=O. The van der Waals surface area contributed by atoms with Gasteiger partial charge in [0.05, 0.1) is 25.0 Å². The lowest BCUT2D eigenvalue weighted by molar-refractivity contribution is 0.0493. The highest BCUT2D eigenvalue weighted by molar-refractivity contribution is 5.95. The number of hydrogen-bond donors (Lipinski definition) is 2. The summed E-state index contributed by atoms with van der Waals surface area (Å²) in [4.78, 5) is 40.9. The number of hydrogen-bond acceptors (Lipinski definition) is 7. The van der Waals surface area contributed by atoms with E-state index in [-0.39, 0.29) is 30.9 Å². The minimum Gasteiger partial charge on any atom is -0.460 e. The number of benzene rings is 1. The van der Waals surface area contributed by atoms with Gasteiger partial charge in [-0.3, -0.25) is 13.9 Å². The first-order valence-corrected chi connectivity index (χ1v) is 8.67. The van der Waals surface area contributed by atoms with Crippen LogP contribution < -0.4 is 16.6 Å². The van der Waals surface area contributed by atoms with Gasteiger partial charge in [0.15, 0.2) is 11.2 Å². The van der Waals surface area contributed by atoms with E-state index in [1.807, 2.05) is 0 Å². The fraction of sp³-hybridized carbons (Fsp3) is 0.333. The molecule has 0 bridgehead atoms. The number of aryl methyl sites for hydroxylation is 1. The molecule has 10 heteroatoms. The number of ether oxygens (including phenoxy) is 1. The van der Waals surface area contributed by atoms with Gasteiger partial charge in [-0.1, -0.05) is 12.1 Å². The normalized spacial score (nSPS) is 11.0. The molecule has 10 nitrogen and oxygen atoms in total. The second-order valence-electron chi connectivity index (χ2n) is 6.15. The third-order valence-corrected chi connectivity index (χ3v) is 4.36. The monoisotopic (exact) mass is 387 g/mol. The molecule has 0 fully saturated rings. The Morgan fingerprint density at radius 3 is 2.71 bits per heavy atom. The molecule has 0 spiro atoms. The summed E-state index contributed by atoms with van der Waals surface area (Å²) in [6, 6.07) is 6.84. The third-order valence-electron chi connectivity index (χ3n) is 4.36. The smallest absolute Gasteiger partial charge is 0.340 e. The number of aliphatic hydroxyl groups excluding tert-OH is 1. The first kappa shape index (κ1) is 19.4. The Bertz CT molecular complexity index is 1130. The number of aliphatic hydroxyl groups is 1. The van der Waals surface area contributed by atoms with E-state index in [0.717, 1.165) is 4.57 Å². The van der Waals surface area contributed by atoms with Crippen molar-refractivity contribution in [3.05, 3.63) is 57.0 Å². The van der Waals surface area contributed by atoms with Crippen LogP contribution in [0.1, 0.15) is 10.4 Å². The third kappa shape index (κ3) is 3.54. The Labute approximate surface area is 159 Å². The molecule has 0 saturated heterocycles. The van der Waals surface area contributed by atoms with Gasteiger partial charge in [0, 0.05) is 26.3 Å². The average molecular weight is 387 g/mol. The lowest BCUT2D eigenvalue weighted by Gasteiger charge is -2.11. The highest BCUT2D eigenvalue weighted by atomic mass is 16.5. The van der Waals surface area contributed by atoms with Crippen LogP contribution in [0.15, 0.2) is 40.2 Å². The van der Waals surface area contributed by atoms with Crippen LogP contribution >= 0.6 is 0 Å². The Morgan fingerprint density at radius 2 is 1.96 bits per heavy atom. The van der Waals surface area contributed by atoms with Gasteiger partial charge in [-0.25, -0.2) is 14.6 Å². The van der Waals surface area contributed by atoms with Crippen LogP contribution in [0.3, 0.4) is 0 Å². The minimum absolute atomic E-state index is 0.0185. The lowest BCUT2D eigenvalue weighted by Crippen LogP contribution is -2.37. The summed E-state index contributed by atoms with van der Waals surface area (Å²) >= 11 is 0. The van der Waals surface area contributed by atoms with Gasteiger partial charge in [-0.05, 0) is 12.1 Å². The number of carbonyl (C=O) groups is 1. The molecule has 2 N–H and O–H groups in total. The quantitative estimate of drug-likeness (QED) is 0.534. The Kier molecular flexibility index (Phi) is 5.59. The molecule has 2 aromatic heterocycles. The van der Waals surface area contributed by atoms with Crippen molar-refractivity contribution >= 4 is 22.8 Å². The number of nitrogens with zero attached hydrogens (tertiary/aromatic N) is 4. The van der Waals surface area contributed by atoms with Gasteiger partial charge in [-0.15, -0.1) is 0 Å². The van der Waals surface area contributed by atoms with Crippen LogP contribution in [-0.2, 0) is 25.4 Å². The maximum atomic E-state index is 12.4. The number of esters is 1. The highest BCUT2D eigenvalue weighted by Gasteiger charge is 2.15. The largest absolute Gasteiger partial charge is 0.460 e. The predicted molar refractivity (Wildman–Crippen MR) is 103 cm³/mol. The van der Waals surface area contributed by atoms with Crippen molar-refractivity contribution in [2.45, 2.75) is 6.54 Å². The van der Waals surface area contributed by atoms with Gasteiger partial charge >= 0.3 is 11.7 Å². The van der Waals surface area contributed by atoms with E-state index in [4.69, 9.17) is 9.84 Å². The Morgan fingerprint density at radius 1 is 1.21 bits per heavy atom. The van der Waals surface area contributed by atoms with Crippen molar-refractivity contribution in [1.29, 1.82) is 0 Å². The molecule has 0 aliphatic rings. The number of nitrogens with one attached hydrogen (secondary N) is 1. The lowest BCUT2D eigenvalue weighted by atomic mass is 10.2. The summed E-state index contributed by atoms with van der Waals surface area (Å²) in [6.07, 6.45) is 1.44. The molecule has 1 aromatic carbocycles. The Balaban J connectivity index is 1.75. The summed E-state index contributed by atoms with van der Waals surface area (Å²) in [6.45, 7) is 0.481. The standard InChI is InChI=1S/C18H21N5O5/c1-21-15-14(16(25)22(2)18(21)27)23(11-20-15)8-10-28-17(26)12-5-3-4-6-13(12)19-7-9-24/h3-6,11,19,24H,7-10H2,1-2H3. The molecule has 0 saturated carbocycles. The predicted octanol–water partition coefficient (Wildman–Crippen LogP) is -0.305. The van der Waals surface area contributed by atoms with Crippen LogP contribution in [0, 0.1) is 0 Å². The first-order chi connectivity index (χ1) is 13.5. The maximum absolute atomic E-state index is 12.4. The maximum Gasteiger partial charge on any atom is 0.340 e. The average Bonchev–Trinajstić information content (AvgIpc) is 3.13. The number of aromatic nitrogens is 4. The van der Waals surface area contributed by atoms with Gasteiger partial charge in [0.1, 0.15) is 6.61 Å². The zero-order chi connectivity index (χ0) is 20.3. The second-order valence-corrected chi connectivity index (χ2v) is 6.15. The molecule has 3 rings (SSSR count). The molecule has 0 aliphatic carbocycles. The van der Waals surface area contributed by atoms with E-state index >= 15 is 0 Å². The fourth-order valence-electron chi connectivity index (χ4n) is 2.89. The number of fused-ring (bicyclic) bond motifs is 1. The summed E-state index contributed by atoms with van der Waals surface area (Å²) in [5.41, 5.74) is 0.550. The number of anilines is 1. The fourth-order valence-corrected chi connectivity index (χ4v) is 2.89. The summed E-state index contributed by atoms with van der Waals surface area (Å²) < 4.78 is 9.19. The topological polar surface area (TPSA) is 120 Å². The highest BCUT2D eigenvalue weighted by Crippen LogP contribution is 2.16. The number of para-hydroxylation sites is 1. The number of imidazole rings is 1. The molecule has 0 radical (unpaired) electrons. The van der Waals surface area contributed by atoms with E-state index in [2.05, 4.69) is 10.3 Å². The van der Waals surface area contributed by atoms with Gasteiger partial charge in [0.25, 0.3) is 5.56 Å². The first-order valence-electron chi connectivity index (χ1n) is 8.67. The van der Waals surface area contributed by atoms with E-state index in [1.54, 1.807) is 28.8 Å². The van der Waals surface area contributed by atoms with Crippen LogP contribution in [0.4, 0.5) is 5.69 Å². The van der Waals surface area contributed by atoms with Crippen molar-refractivity contribution in [1.82, 2.24) is 18.7 Å². The summed E-state index contributed by atoms with van der Waals surface area (Å²) in [5, 5.41) is 11.9. The molecule has 0 unspecified atom stereocenters. The van der Waals surface area contributed by atoms with Crippen molar-refractivity contribution in [3.63, 3.8) is 0 Å². The second kappa shape index (κ2) is 8.09. The van der Waals surface area contributed by atoms with E-state index in [0.29, 0.717) is 17.8 Å². The molecule has 3 aromatic rings. The molecule has 148 valence electrons. The number of carbonyl (C=O) groups excluding carboxylic acids is 1. The zero-order valence-electron chi connectivity index (χ0n) is 15.6. The van der Waals surface area contributed by atoms with E-state index in [1.165, 1.54) is 25.0 Å². The molecular weight excluding hydrogens is 366 g/mol. The molecule has 2 heterocycles. The van der Waals surface area contributed by atoms with Crippen molar-refractivity contribution < 1.29 is 14.6 Å². The van der Waals surface area contributed by atoms with Crippen molar-refractivity contribution in [2.75, 3.05) is 25.1 Å². The molecule has 28 heavy (non-hydrogen) atoms. The zero-order valence-corrected chi connectivity index (χ0v) is 15.6. The summed E-state index contributed by atoms with van der Waals surface area (Å²) in [7, 11) is 2.94.